The summed E-state index contributed by atoms with van der Waals surface area (Å²) in [5, 5.41) is 3.31. The number of hydrogen-bond donors (Lipinski definition) is 2. The third-order valence-corrected chi connectivity index (χ3v) is 2.69. The Morgan fingerprint density at radius 2 is 2.13 bits per heavy atom. The molecular formula is C10H13N5. The maximum Gasteiger partial charge on any atom is 0.226 e. The van der Waals surface area contributed by atoms with Crippen LogP contribution in [-0.2, 0) is 0 Å². The van der Waals surface area contributed by atoms with E-state index in [0.717, 1.165) is 43.2 Å². The lowest BCUT2D eigenvalue weighted by molar-refractivity contribution is 0.580. The van der Waals surface area contributed by atoms with Gasteiger partial charge in [-0.3, -0.25) is 0 Å². The van der Waals surface area contributed by atoms with E-state index in [1.165, 1.54) is 0 Å². The second kappa shape index (κ2) is 3.51. The highest BCUT2D eigenvalue weighted by atomic mass is 15.3. The molecule has 3 rings (SSSR count). The van der Waals surface area contributed by atoms with E-state index in [1.54, 1.807) is 0 Å². The summed E-state index contributed by atoms with van der Waals surface area (Å²) in [4.78, 5) is 14.2. The van der Waals surface area contributed by atoms with Gasteiger partial charge in [-0.05, 0) is 6.07 Å². The number of rotatable bonds is 1. The molecule has 0 unspecified atom stereocenters. The van der Waals surface area contributed by atoms with Crippen molar-refractivity contribution in [3.05, 3.63) is 18.5 Å². The van der Waals surface area contributed by atoms with E-state index < -0.39 is 0 Å². The summed E-state index contributed by atoms with van der Waals surface area (Å²) < 4.78 is 0. The van der Waals surface area contributed by atoms with Crippen LogP contribution in [0.4, 0.5) is 5.95 Å². The lowest BCUT2D eigenvalue weighted by Gasteiger charge is -2.27. The Morgan fingerprint density at radius 1 is 1.27 bits per heavy atom. The largest absolute Gasteiger partial charge is 0.359 e. The van der Waals surface area contributed by atoms with Gasteiger partial charge in [0.05, 0.1) is 17.2 Å². The third-order valence-electron chi connectivity index (χ3n) is 2.69. The quantitative estimate of drug-likeness (QED) is 0.703. The second-order valence-corrected chi connectivity index (χ2v) is 3.68. The molecule has 0 aliphatic carbocycles. The summed E-state index contributed by atoms with van der Waals surface area (Å²) in [6.07, 6.45) is 3.74. The fourth-order valence-electron chi connectivity index (χ4n) is 1.85. The van der Waals surface area contributed by atoms with E-state index in [1.807, 2.05) is 18.5 Å². The SMILES string of the molecule is c1cc2nc(N3CCNCC3)ncc2[nH]1. The van der Waals surface area contributed by atoms with E-state index in [2.05, 4.69) is 25.2 Å². The van der Waals surface area contributed by atoms with Gasteiger partial charge in [0.15, 0.2) is 0 Å². The molecule has 2 N–H and O–H groups in total. The molecule has 0 spiro atoms. The zero-order valence-corrected chi connectivity index (χ0v) is 8.40. The zero-order chi connectivity index (χ0) is 10.1. The highest BCUT2D eigenvalue weighted by Crippen LogP contribution is 2.13. The van der Waals surface area contributed by atoms with Crippen LogP contribution in [0.1, 0.15) is 0 Å². The van der Waals surface area contributed by atoms with Crippen LogP contribution < -0.4 is 10.2 Å². The van der Waals surface area contributed by atoms with Crippen LogP contribution in [-0.4, -0.2) is 41.1 Å². The van der Waals surface area contributed by atoms with Gasteiger partial charge < -0.3 is 15.2 Å². The Labute approximate surface area is 87.5 Å². The molecule has 1 aliphatic rings. The monoisotopic (exact) mass is 203 g/mol. The highest BCUT2D eigenvalue weighted by molar-refractivity contribution is 5.74. The van der Waals surface area contributed by atoms with E-state index >= 15 is 0 Å². The molecule has 1 fully saturated rings. The van der Waals surface area contributed by atoms with Crippen LogP contribution in [0.15, 0.2) is 18.5 Å². The van der Waals surface area contributed by atoms with Gasteiger partial charge in [0.25, 0.3) is 0 Å². The summed E-state index contributed by atoms with van der Waals surface area (Å²) in [6, 6.07) is 1.97. The Balaban J connectivity index is 1.95. The second-order valence-electron chi connectivity index (χ2n) is 3.68. The molecule has 78 valence electrons. The van der Waals surface area contributed by atoms with Crippen molar-refractivity contribution in [1.82, 2.24) is 20.3 Å². The number of nitrogens with one attached hydrogen (secondary N) is 2. The summed E-state index contributed by atoms with van der Waals surface area (Å²) in [6.45, 7) is 3.98. The maximum absolute atomic E-state index is 4.51. The number of anilines is 1. The van der Waals surface area contributed by atoms with Crippen molar-refractivity contribution in [2.75, 3.05) is 31.1 Å². The number of nitrogens with zero attached hydrogens (tertiary/aromatic N) is 3. The van der Waals surface area contributed by atoms with Crippen LogP contribution in [0.5, 0.6) is 0 Å². The zero-order valence-electron chi connectivity index (χ0n) is 8.40. The van der Waals surface area contributed by atoms with E-state index in [4.69, 9.17) is 0 Å². The van der Waals surface area contributed by atoms with Crippen molar-refractivity contribution < 1.29 is 0 Å². The summed E-state index contributed by atoms with van der Waals surface area (Å²) in [5.74, 6) is 0.837. The molecule has 0 aromatic carbocycles. The fraction of sp³-hybridized carbons (Fsp3) is 0.400. The number of aromatic nitrogens is 3. The van der Waals surface area contributed by atoms with Crippen molar-refractivity contribution in [1.29, 1.82) is 0 Å². The fourth-order valence-corrected chi connectivity index (χ4v) is 1.85. The van der Waals surface area contributed by atoms with Crippen LogP contribution in [0.25, 0.3) is 11.0 Å². The van der Waals surface area contributed by atoms with E-state index in [-0.39, 0.29) is 0 Å². The lowest BCUT2D eigenvalue weighted by atomic mass is 10.4. The maximum atomic E-state index is 4.51. The average Bonchev–Trinajstić information content (AvgIpc) is 2.77. The molecule has 5 heteroatoms. The van der Waals surface area contributed by atoms with Crippen LogP contribution in [0.2, 0.25) is 0 Å². The molecule has 15 heavy (non-hydrogen) atoms. The summed E-state index contributed by atoms with van der Waals surface area (Å²) in [5.41, 5.74) is 1.98. The first-order valence-electron chi connectivity index (χ1n) is 5.19. The van der Waals surface area contributed by atoms with Crippen LogP contribution >= 0.6 is 0 Å². The standard InChI is InChI=1S/C10H13N5/c1-2-12-9-7-13-10(14-8(1)9)15-5-3-11-4-6-15/h1-2,7,11-12H,3-6H2. The number of hydrogen-bond acceptors (Lipinski definition) is 4. The van der Waals surface area contributed by atoms with Crippen molar-refractivity contribution in [2.24, 2.45) is 0 Å². The summed E-state index contributed by atoms with van der Waals surface area (Å²) >= 11 is 0. The minimum Gasteiger partial charge on any atom is -0.359 e. The van der Waals surface area contributed by atoms with Crippen molar-refractivity contribution >= 4 is 17.0 Å². The normalized spacial score (nSPS) is 17.2. The Hall–Kier alpha value is -1.62. The molecule has 0 bridgehead atoms. The molecule has 0 saturated carbocycles. The van der Waals surface area contributed by atoms with Gasteiger partial charge in [0, 0.05) is 32.4 Å². The molecule has 1 aliphatic heterocycles. The smallest absolute Gasteiger partial charge is 0.226 e. The predicted octanol–water partition coefficient (Wildman–Crippen LogP) is 0.367. The topological polar surface area (TPSA) is 56.8 Å². The van der Waals surface area contributed by atoms with Gasteiger partial charge in [-0.1, -0.05) is 0 Å². The Morgan fingerprint density at radius 3 is 3.00 bits per heavy atom. The van der Waals surface area contributed by atoms with Gasteiger partial charge in [-0.25, -0.2) is 9.97 Å². The van der Waals surface area contributed by atoms with Gasteiger partial charge in [-0.2, -0.15) is 0 Å². The molecular weight excluding hydrogens is 190 g/mol. The average molecular weight is 203 g/mol. The van der Waals surface area contributed by atoms with Crippen molar-refractivity contribution in [2.45, 2.75) is 0 Å². The Kier molecular flexibility index (Phi) is 2.03. The first-order chi connectivity index (χ1) is 7.43. The van der Waals surface area contributed by atoms with Gasteiger partial charge >= 0.3 is 0 Å². The molecule has 2 aromatic rings. The van der Waals surface area contributed by atoms with Crippen LogP contribution in [0, 0.1) is 0 Å². The first-order valence-corrected chi connectivity index (χ1v) is 5.19. The van der Waals surface area contributed by atoms with Crippen molar-refractivity contribution in [3.8, 4) is 0 Å². The van der Waals surface area contributed by atoms with Gasteiger partial charge in [0.1, 0.15) is 0 Å². The number of aromatic amines is 1. The molecule has 0 atom stereocenters. The lowest BCUT2D eigenvalue weighted by Crippen LogP contribution is -2.44. The predicted molar refractivity (Wildman–Crippen MR) is 59.0 cm³/mol. The minimum absolute atomic E-state index is 0.837. The van der Waals surface area contributed by atoms with Crippen molar-refractivity contribution in [3.63, 3.8) is 0 Å². The number of H-pyrrole nitrogens is 1. The minimum atomic E-state index is 0.837. The molecule has 0 radical (unpaired) electrons. The van der Waals surface area contributed by atoms with Gasteiger partial charge in [0.2, 0.25) is 5.95 Å². The summed E-state index contributed by atoms with van der Waals surface area (Å²) in [7, 11) is 0. The molecule has 2 aromatic heterocycles. The highest BCUT2D eigenvalue weighted by Gasteiger charge is 2.13. The first kappa shape index (κ1) is 8.67. The molecule has 0 amide bonds. The molecule has 1 saturated heterocycles. The van der Waals surface area contributed by atoms with E-state index in [0.29, 0.717) is 0 Å². The van der Waals surface area contributed by atoms with E-state index in [9.17, 15) is 0 Å². The number of piperazine rings is 1. The third kappa shape index (κ3) is 1.55. The molecule has 5 nitrogen and oxygen atoms in total. The van der Waals surface area contributed by atoms with Gasteiger partial charge in [-0.15, -0.1) is 0 Å². The van der Waals surface area contributed by atoms with Crippen LogP contribution in [0.3, 0.4) is 0 Å². The molecule has 3 heterocycles. The Bertz CT molecular complexity index is 458. The number of fused-ring (bicyclic) bond motifs is 1.